The molecule has 0 saturated carbocycles. The number of Topliss-reactive ketones (excluding diaryl/α,β-unsaturated/α-hetero) is 1. The molecular weight excluding hydrogens is 136 g/mol. The molecule has 0 aliphatic carbocycles. The van der Waals surface area contributed by atoms with Gasteiger partial charge in [0.1, 0.15) is 6.61 Å². The fourth-order valence-corrected chi connectivity index (χ4v) is 0.397. The predicted octanol–water partition coefficient (Wildman–Crippen LogP) is 0.910. The Hall–Kier alpha value is -0.0200. The van der Waals surface area contributed by atoms with Crippen LogP contribution in [0.1, 0.15) is 13.8 Å². The quantitative estimate of drug-likeness (QED) is 0.600. The third-order valence-electron chi connectivity index (χ3n) is 0.754. The third kappa shape index (κ3) is 5.86. The Labute approximate surface area is 61.0 Å². The van der Waals surface area contributed by atoms with Crippen LogP contribution in [0.3, 0.4) is 0 Å². The summed E-state index contributed by atoms with van der Waals surface area (Å²) in [5.74, 6) is 0.305. The summed E-state index contributed by atoms with van der Waals surface area (Å²) >= 11 is 3.79. The Bertz CT molecular complexity index is 91.1. The summed E-state index contributed by atoms with van der Waals surface area (Å²) in [7, 11) is 0. The van der Waals surface area contributed by atoms with Gasteiger partial charge in [0, 0.05) is 0 Å². The minimum absolute atomic E-state index is 0.0343. The Morgan fingerprint density at radius 3 is 2.56 bits per heavy atom. The molecule has 0 saturated heterocycles. The molecule has 2 nitrogen and oxygen atoms in total. The molecule has 0 aromatic heterocycles. The molecule has 0 atom stereocenters. The first kappa shape index (κ1) is 8.98. The monoisotopic (exact) mass is 148 g/mol. The van der Waals surface area contributed by atoms with Gasteiger partial charge in [-0.3, -0.25) is 4.79 Å². The molecule has 0 aromatic carbocycles. The lowest BCUT2D eigenvalue weighted by molar-refractivity contribution is -0.122. The van der Waals surface area contributed by atoms with Crippen LogP contribution in [0.4, 0.5) is 0 Å². The smallest absolute Gasteiger partial charge is 0.168 e. The van der Waals surface area contributed by atoms with Crippen molar-refractivity contribution in [2.75, 3.05) is 12.4 Å². The summed E-state index contributed by atoms with van der Waals surface area (Å²) in [6.07, 6.45) is 0.133. The van der Waals surface area contributed by atoms with Gasteiger partial charge in [0.15, 0.2) is 5.78 Å². The van der Waals surface area contributed by atoms with Gasteiger partial charge in [-0.05, 0) is 13.8 Å². The van der Waals surface area contributed by atoms with Crippen LogP contribution >= 0.6 is 12.6 Å². The normalized spacial score (nSPS) is 10.2. The summed E-state index contributed by atoms with van der Waals surface area (Å²) in [5.41, 5.74) is 0. The van der Waals surface area contributed by atoms with Gasteiger partial charge < -0.3 is 4.74 Å². The van der Waals surface area contributed by atoms with Gasteiger partial charge in [-0.2, -0.15) is 12.6 Å². The van der Waals surface area contributed by atoms with Crippen molar-refractivity contribution in [3.8, 4) is 0 Å². The second-order valence-corrected chi connectivity index (χ2v) is 2.37. The van der Waals surface area contributed by atoms with Crippen LogP contribution in [0.5, 0.6) is 0 Å². The van der Waals surface area contributed by atoms with Gasteiger partial charge in [0.2, 0.25) is 0 Å². The zero-order valence-electron chi connectivity index (χ0n) is 5.76. The number of carbonyl (C=O) groups is 1. The van der Waals surface area contributed by atoms with E-state index in [-0.39, 0.29) is 24.2 Å². The van der Waals surface area contributed by atoms with E-state index in [2.05, 4.69) is 12.6 Å². The molecular formula is C6H12O2S. The van der Waals surface area contributed by atoms with Crippen molar-refractivity contribution < 1.29 is 9.53 Å². The van der Waals surface area contributed by atoms with Crippen LogP contribution in [0.15, 0.2) is 0 Å². The Balaban J connectivity index is 3.17. The van der Waals surface area contributed by atoms with Gasteiger partial charge in [-0.1, -0.05) is 0 Å². The molecule has 9 heavy (non-hydrogen) atoms. The molecule has 0 bridgehead atoms. The topological polar surface area (TPSA) is 26.3 Å². The maximum atomic E-state index is 10.5. The summed E-state index contributed by atoms with van der Waals surface area (Å²) in [6.45, 7) is 3.98. The van der Waals surface area contributed by atoms with E-state index in [0.717, 1.165) is 0 Å². The van der Waals surface area contributed by atoms with Crippen LogP contribution in [0, 0.1) is 0 Å². The van der Waals surface area contributed by atoms with Crippen LogP contribution < -0.4 is 0 Å². The fraction of sp³-hybridized carbons (Fsp3) is 0.833. The maximum Gasteiger partial charge on any atom is 0.168 e. The molecule has 0 amide bonds. The largest absolute Gasteiger partial charge is 0.371 e. The number of ketones is 1. The van der Waals surface area contributed by atoms with Crippen molar-refractivity contribution in [3.63, 3.8) is 0 Å². The van der Waals surface area contributed by atoms with E-state index in [0.29, 0.717) is 0 Å². The molecule has 0 spiro atoms. The van der Waals surface area contributed by atoms with E-state index in [4.69, 9.17) is 4.74 Å². The second-order valence-electron chi connectivity index (χ2n) is 2.06. The number of ether oxygens (including phenoxy) is 1. The highest BCUT2D eigenvalue weighted by molar-refractivity contribution is 7.81. The van der Waals surface area contributed by atoms with Crippen molar-refractivity contribution >= 4 is 18.4 Å². The van der Waals surface area contributed by atoms with Gasteiger partial charge in [0.05, 0.1) is 11.9 Å². The molecule has 0 N–H and O–H groups in total. The van der Waals surface area contributed by atoms with Gasteiger partial charge in [0.25, 0.3) is 0 Å². The second kappa shape index (κ2) is 4.82. The highest BCUT2D eigenvalue weighted by Crippen LogP contribution is 1.88. The van der Waals surface area contributed by atoms with Crippen LogP contribution in [0.2, 0.25) is 0 Å². The number of rotatable bonds is 4. The fourth-order valence-electron chi connectivity index (χ4n) is 0.305. The summed E-state index contributed by atoms with van der Waals surface area (Å²) in [5, 5.41) is 0. The molecule has 0 heterocycles. The average molecular weight is 148 g/mol. The Morgan fingerprint density at radius 1 is 1.67 bits per heavy atom. The van der Waals surface area contributed by atoms with E-state index in [9.17, 15) is 4.79 Å². The minimum atomic E-state index is 0.0343. The SMILES string of the molecule is CC(C)OCC(=O)CS. The molecule has 0 unspecified atom stereocenters. The number of thiol groups is 1. The van der Waals surface area contributed by atoms with E-state index in [1.54, 1.807) is 0 Å². The third-order valence-corrected chi connectivity index (χ3v) is 1.11. The minimum Gasteiger partial charge on any atom is -0.371 e. The molecule has 3 heteroatoms. The zero-order chi connectivity index (χ0) is 7.28. The van der Waals surface area contributed by atoms with Crippen molar-refractivity contribution in [3.05, 3.63) is 0 Å². The van der Waals surface area contributed by atoms with Gasteiger partial charge in [-0.15, -0.1) is 0 Å². The first-order valence-electron chi connectivity index (χ1n) is 2.91. The molecule has 0 aromatic rings. The lowest BCUT2D eigenvalue weighted by atomic mass is 10.4. The molecule has 0 fully saturated rings. The summed E-state index contributed by atoms with van der Waals surface area (Å²) in [4.78, 5) is 10.5. The van der Waals surface area contributed by atoms with Crippen molar-refractivity contribution in [2.24, 2.45) is 0 Å². The van der Waals surface area contributed by atoms with Crippen LogP contribution in [0.25, 0.3) is 0 Å². The first-order chi connectivity index (χ1) is 4.16. The van der Waals surface area contributed by atoms with E-state index >= 15 is 0 Å². The van der Waals surface area contributed by atoms with Crippen LogP contribution in [-0.2, 0) is 9.53 Å². The van der Waals surface area contributed by atoms with E-state index in [1.807, 2.05) is 13.8 Å². The molecule has 54 valence electrons. The van der Waals surface area contributed by atoms with Crippen molar-refractivity contribution in [2.45, 2.75) is 20.0 Å². The summed E-state index contributed by atoms with van der Waals surface area (Å²) < 4.78 is 5.00. The lowest BCUT2D eigenvalue weighted by Crippen LogP contribution is -2.13. The van der Waals surface area contributed by atoms with Crippen LogP contribution in [-0.4, -0.2) is 24.2 Å². The Kier molecular flexibility index (Phi) is 4.81. The highest BCUT2D eigenvalue weighted by atomic mass is 32.1. The molecule has 0 rings (SSSR count). The lowest BCUT2D eigenvalue weighted by Gasteiger charge is -2.03. The Morgan fingerprint density at radius 2 is 2.22 bits per heavy atom. The van der Waals surface area contributed by atoms with E-state index in [1.165, 1.54) is 0 Å². The number of hydrogen-bond acceptors (Lipinski definition) is 3. The average Bonchev–Trinajstić information content (AvgIpc) is 1.83. The molecule has 0 aliphatic rings. The van der Waals surface area contributed by atoms with Crippen molar-refractivity contribution in [1.29, 1.82) is 0 Å². The molecule has 0 radical (unpaired) electrons. The predicted molar refractivity (Wildman–Crippen MR) is 39.9 cm³/mol. The first-order valence-corrected chi connectivity index (χ1v) is 3.54. The molecule has 0 aliphatic heterocycles. The maximum absolute atomic E-state index is 10.5. The van der Waals surface area contributed by atoms with Crippen molar-refractivity contribution in [1.82, 2.24) is 0 Å². The number of carbonyl (C=O) groups excluding carboxylic acids is 1. The van der Waals surface area contributed by atoms with Gasteiger partial charge >= 0.3 is 0 Å². The van der Waals surface area contributed by atoms with Gasteiger partial charge in [-0.25, -0.2) is 0 Å². The van der Waals surface area contributed by atoms with E-state index < -0.39 is 0 Å². The zero-order valence-corrected chi connectivity index (χ0v) is 6.65. The standard InChI is InChI=1S/C6H12O2S/c1-5(2)8-3-6(7)4-9/h5,9H,3-4H2,1-2H3. The highest BCUT2D eigenvalue weighted by Gasteiger charge is 1.99. The number of hydrogen-bond donors (Lipinski definition) is 1. The summed E-state index contributed by atoms with van der Waals surface area (Å²) in [6, 6.07) is 0.